The lowest BCUT2D eigenvalue weighted by molar-refractivity contribution is 0.0952. The van der Waals surface area contributed by atoms with Crippen LogP contribution in [0.5, 0.6) is 11.5 Å². The maximum absolute atomic E-state index is 12.6. The van der Waals surface area contributed by atoms with Gasteiger partial charge < -0.3 is 14.8 Å². The topological polar surface area (TPSA) is 47.6 Å². The average molecular weight is 321 g/mol. The van der Waals surface area contributed by atoms with Crippen molar-refractivity contribution in [1.82, 2.24) is 5.32 Å². The lowest BCUT2D eigenvalue weighted by atomic mass is 10.0. The molecule has 1 amide bonds. The molecule has 0 aliphatic heterocycles. The number of carbonyl (C=O) groups excluding carboxylic acids is 1. The van der Waals surface area contributed by atoms with Crippen LogP contribution in [0.1, 0.15) is 15.9 Å². The lowest BCUT2D eigenvalue weighted by Gasteiger charge is -2.12. The first-order valence-corrected chi connectivity index (χ1v) is 7.70. The van der Waals surface area contributed by atoms with E-state index >= 15 is 0 Å². The van der Waals surface area contributed by atoms with Crippen LogP contribution in [-0.4, -0.2) is 20.1 Å². The lowest BCUT2D eigenvalue weighted by Crippen LogP contribution is -2.23. The predicted octanol–water partition coefficient (Wildman–Crippen LogP) is 3.79. The van der Waals surface area contributed by atoms with Gasteiger partial charge in [0.2, 0.25) is 0 Å². The Kier molecular flexibility index (Phi) is 4.66. The standard InChI is InChI=1S/C20H19NO3/c1-23-18-10-6-3-7-14(18)13-21-20(22)17-11-12-19(24-2)16-9-5-4-8-15(16)17/h3-12H,13H2,1-2H3,(H,21,22). The zero-order chi connectivity index (χ0) is 16.9. The maximum atomic E-state index is 12.6. The van der Waals surface area contributed by atoms with Gasteiger partial charge in [0.25, 0.3) is 5.91 Å². The fraction of sp³-hybridized carbons (Fsp3) is 0.150. The van der Waals surface area contributed by atoms with Crippen LogP contribution in [0.15, 0.2) is 60.7 Å². The van der Waals surface area contributed by atoms with E-state index in [1.54, 1.807) is 20.3 Å². The van der Waals surface area contributed by atoms with Gasteiger partial charge >= 0.3 is 0 Å². The second-order valence-electron chi connectivity index (χ2n) is 5.36. The number of ether oxygens (including phenoxy) is 2. The van der Waals surface area contributed by atoms with E-state index in [0.717, 1.165) is 27.8 Å². The van der Waals surface area contributed by atoms with Gasteiger partial charge in [-0.05, 0) is 23.6 Å². The van der Waals surface area contributed by atoms with E-state index in [0.29, 0.717) is 12.1 Å². The summed E-state index contributed by atoms with van der Waals surface area (Å²) in [5.41, 5.74) is 1.56. The van der Waals surface area contributed by atoms with E-state index in [4.69, 9.17) is 9.47 Å². The molecule has 0 fully saturated rings. The number of hydrogen-bond donors (Lipinski definition) is 1. The minimum absolute atomic E-state index is 0.125. The van der Waals surface area contributed by atoms with Crippen molar-refractivity contribution in [1.29, 1.82) is 0 Å². The number of nitrogens with one attached hydrogen (secondary N) is 1. The van der Waals surface area contributed by atoms with Crippen molar-refractivity contribution < 1.29 is 14.3 Å². The molecule has 0 atom stereocenters. The van der Waals surface area contributed by atoms with E-state index in [1.165, 1.54) is 0 Å². The van der Waals surface area contributed by atoms with Gasteiger partial charge in [0.05, 0.1) is 14.2 Å². The first kappa shape index (κ1) is 15.9. The Morgan fingerprint density at radius 1 is 0.833 bits per heavy atom. The smallest absolute Gasteiger partial charge is 0.252 e. The van der Waals surface area contributed by atoms with Crippen molar-refractivity contribution >= 4 is 16.7 Å². The molecule has 0 heterocycles. The molecule has 1 N–H and O–H groups in total. The van der Waals surface area contributed by atoms with Crippen molar-refractivity contribution in [3.63, 3.8) is 0 Å². The first-order chi connectivity index (χ1) is 11.7. The third-order valence-corrected chi connectivity index (χ3v) is 3.98. The molecule has 4 heteroatoms. The monoisotopic (exact) mass is 321 g/mol. The van der Waals surface area contributed by atoms with Crippen molar-refractivity contribution in [3.05, 3.63) is 71.8 Å². The zero-order valence-corrected chi connectivity index (χ0v) is 13.7. The Bertz CT molecular complexity index is 874. The molecule has 0 aliphatic rings. The molecule has 0 aromatic heterocycles. The van der Waals surface area contributed by atoms with Crippen LogP contribution in [-0.2, 0) is 6.54 Å². The summed E-state index contributed by atoms with van der Waals surface area (Å²) in [6.07, 6.45) is 0. The third-order valence-electron chi connectivity index (χ3n) is 3.98. The van der Waals surface area contributed by atoms with Gasteiger partial charge in [-0.2, -0.15) is 0 Å². The van der Waals surface area contributed by atoms with Gasteiger partial charge in [-0.3, -0.25) is 4.79 Å². The molecule has 3 rings (SSSR count). The first-order valence-electron chi connectivity index (χ1n) is 7.70. The molecule has 3 aromatic rings. The molecule has 0 spiro atoms. The molecular formula is C20H19NO3. The fourth-order valence-corrected chi connectivity index (χ4v) is 2.77. The van der Waals surface area contributed by atoms with Crippen LogP contribution in [0.4, 0.5) is 0 Å². The largest absolute Gasteiger partial charge is 0.496 e. The molecule has 0 bridgehead atoms. The van der Waals surface area contributed by atoms with Crippen LogP contribution in [0.25, 0.3) is 10.8 Å². The highest BCUT2D eigenvalue weighted by Crippen LogP contribution is 2.28. The molecule has 24 heavy (non-hydrogen) atoms. The normalized spacial score (nSPS) is 10.4. The summed E-state index contributed by atoms with van der Waals surface area (Å²) in [6.45, 7) is 0.406. The van der Waals surface area contributed by atoms with Gasteiger partial charge in [0.1, 0.15) is 11.5 Å². The summed E-state index contributed by atoms with van der Waals surface area (Å²) in [4.78, 5) is 12.6. The molecule has 0 saturated heterocycles. The number of fused-ring (bicyclic) bond motifs is 1. The van der Waals surface area contributed by atoms with Gasteiger partial charge in [0, 0.05) is 23.1 Å². The van der Waals surface area contributed by atoms with E-state index in [2.05, 4.69) is 5.32 Å². The number of hydrogen-bond acceptors (Lipinski definition) is 3. The number of benzene rings is 3. The van der Waals surface area contributed by atoms with Crippen LogP contribution in [0, 0.1) is 0 Å². The summed E-state index contributed by atoms with van der Waals surface area (Å²) in [5.74, 6) is 1.39. The predicted molar refractivity (Wildman–Crippen MR) is 94.7 cm³/mol. The minimum Gasteiger partial charge on any atom is -0.496 e. The van der Waals surface area contributed by atoms with Crippen LogP contribution in [0.2, 0.25) is 0 Å². The molecule has 3 aromatic carbocycles. The van der Waals surface area contributed by atoms with Crippen LogP contribution in [0.3, 0.4) is 0 Å². The third kappa shape index (κ3) is 3.04. The van der Waals surface area contributed by atoms with Gasteiger partial charge in [-0.1, -0.05) is 42.5 Å². The molecule has 0 radical (unpaired) electrons. The van der Waals surface area contributed by atoms with Crippen molar-refractivity contribution in [2.75, 3.05) is 14.2 Å². The molecular weight excluding hydrogens is 302 g/mol. The maximum Gasteiger partial charge on any atom is 0.252 e. The summed E-state index contributed by atoms with van der Waals surface area (Å²) in [5, 5.41) is 4.75. The summed E-state index contributed by atoms with van der Waals surface area (Å²) < 4.78 is 10.7. The Morgan fingerprint density at radius 2 is 1.50 bits per heavy atom. The number of para-hydroxylation sites is 1. The number of amides is 1. The summed E-state index contributed by atoms with van der Waals surface area (Å²) in [6, 6.07) is 19.0. The van der Waals surface area contributed by atoms with Gasteiger partial charge in [-0.15, -0.1) is 0 Å². The van der Waals surface area contributed by atoms with Gasteiger partial charge in [0.15, 0.2) is 0 Å². The van der Waals surface area contributed by atoms with Gasteiger partial charge in [-0.25, -0.2) is 0 Å². The SMILES string of the molecule is COc1ccccc1CNC(=O)c1ccc(OC)c2ccccc12. The van der Waals surface area contributed by atoms with Crippen molar-refractivity contribution in [2.24, 2.45) is 0 Å². The van der Waals surface area contributed by atoms with E-state index in [9.17, 15) is 4.79 Å². The van der Waals surface area contributed by atoms with Crippen molar-refractivity contribution in [2.45, 2.75) is 6.54 Å². The Labute approximate surface area is 141 Å². The second kappa shape index (κ2) is 7.04. The highest BCUT2D eigenvalue weighted by Gasteiger charge is 2.13. The molecule has 0 unspecified atom stereocenters. The Balaban J connectivity index is 1.87. The van der Waals surface area contributed by atoms with Crippen LogP contribution >= 0.6 is 0 Å². The molecule has 4 nitrogen and oxygen atoms in total. The number of carbonyl (C=O) groups is 1. The minimum atomic E-state index is -0.125. The summed E-state index contributed by atoms with van der Waals surface area (Å²) >= 11 is 0. The highest BCUT2D eigenvalue weighted by molar-refractivity contribution is 6.08. The average Bonchev–Trinajstić information content (AvgIpc) is 2.65. The molecule has 0 saturated carbocycles. The zero-order valence-electron chi connectivity index (χ0n) is 13.7. The fourth-order valence-electron chi connectivity index (χ4n) is 2.77. The second-order valence-corrected chi connectivity index (χ2v) is 5.36. The Hall–Kier alpha value is -3.01. The quantitative estimate of drug-likeness (QED) is 0.778. The van der Waals surface area contributed by atoms with E-state index < -0.39 is 0 Å². The summed E-state index contributed by atoms with van der Waals surface area (Å²) in [7, 11) is 3.25. The molecule has 122 valence electrons. The Morgan fingerprint density at radius 3 is 2.25 bits per heavy atom. The van der Waals surface area contributed by atoms with Crippen LogP contribution < -0.4 is 14.8 Å². The van der Waals surface area contributed by atoms with E-state index in [-0.39, 0.29) is 5.91 Å². The number of rotatable bonds is 5. The number of methoxy groups -OCH3 is 2. The molecule has 0 aliphatic carbocycles. The highest BCUT2D eigenvalue weighted by atomic mass is 16.5. The van der Waals surface area contributed by atoms with Crippen molar-refractivity contribution in [3.8, 4) is 11.5 Å². The van der Waals surface area contributed by atoms with E-state index in [1.807, 2.05) is 54.6 Å².